The number of hydrogen-bond acceptors (Lipinski definition) is 4. The molecule has 0 saturated carbocycles. The highest BCUT2D eigenvalue weighted by molar-refractivity contribution is 9.10. The van der Waals surface area contributed by atoms with Crippen molar-refractivity contribution in [2.75, 3.05) is 23.3 Å². The quantitative estimate of drug-likeness (QED) is 0.890. The predicted octanol–water partition coefficient (Wildman–Crippen LogP) is 3.41. The zero-order valence-electron chi connectivity index (χ0n) is 12.8. The molecule has 0 atom stereocenters. The normalized spacial score (nSPS) is 14.6. The molecular weight excluding hydrogens is 356 g/mol. The van der Waals surface area contributed by atoms with Crippen LogP contribution in [0.5, 0.6) is 0 Å². The van der Waals surface area contributed by atoms with Crippen molar-refractivity contribution in [3.05, 3.63) is 46.7 Å². The molecular formula is C17H19BrN4O. The molecule has 6 heteroatoms. The van der Waals surface area contributed by atoms with Crippen LogP contribution in [0, 0.1) is 0 Å². The van der Waals surface area contributed by atoms with Crippen molar-refractivity contribution in [2.45, 2.75) is 25.7 Å². The summed E-state index contributed by atoms with van der Waals surface area (Å²) in [6.07, 6.45) is 5.50. The molecule has 1 fully saturated rings. The standard InChI is InChI=1S/C17H19BrN4O/c18-14-6-4-13(5-7-14)10-17(23)21-15-11-16(20-12-19-15)22-8-2-1-3-9-22/h4-7,11-12H,1-3,8-10H2,(H,19,20,21,23). The number of hydrogen-bond donors (Lipinski definition) is 1. The van der Waals surface area contributed by atoms with Gasteiger partial charge < -0.3 is 10.2 Å². The van der Waals surface area contributed by atoms with E-state index in [-0.39, 0.29) is 5.91 Å². The summed E-state index contributed by atoms with van der Waals surface area (Å²) in [6, 6.07) is 9.58. The Bertz CT molecular complexity index is 669. The van der Waals surface area contributed by atoms with Crippen LogP contribution in [0.1, 0.15) is 24.8 Å². The first kappa shape index (κ1) is 15.9. The van der Waals surface area contributed by atoms with Crippen molar-refractivity contribution in [3.8, 4) is 0 Å². The van der Waals surface area contributed by atoms with E-state index >= 15 is 0 Å². The van der Waals surface area contributed by atoms with Crippen molar-refractivity contribution >= 4 is 33.5 Å². The van der Waals surface area contributed by atoms with E-state index in [0.29, 0.717) is 12.2 Å². The number of nitrogens with one attached hydrogen (secondary N) is 1. The van der Waals surface area contributed by atoms with Crippen LogP contribution < -0.4 is 10.2 Å². The Morgan fingerprint density at radius 2 is 1.87 bits per heavy atom. The van der Waals surface area contributed by atoms with Crippen molar-refractivity contribution in [2.24, 2.45) is 0 Å². The Balaban J connectivity index is 1.62. The lowest BCUT2D eigenvalue weighted by molar-refractivity contribution is -0.115. The topological polar surface area (TPSA) is 58.1 Å². The van der Waals surface area contributed by atoms with Crippen LogP contribution in [0.25, 0.3) is 0 Å². The minimum absolute atomic E-state index is 0.0735. The Kier molecular flexibility index (Phi) is 5.23. The smallest absolute Gasteiger partial charge is 0.229 e. The Hall–Kier alpha value is -1.95. The van der Waals surface area contributed by atoms with Crippen LogP contribution in [0.2, 0.25) is 0 Å². The summed E-state index contributed by atoms with van der Waals surface area (Å²) in [6.45, 7) is 2.03. The average molecular weight is 375 g/mol. The highest BCUT2D eigenvalue weighted by atomic mass is 79.9. The fourth-order valence-corrected chi connectivity index (χ4v) is 2.95. The zero-order chi connectivity index (χ0) is 16.1. The molecule has 2 aromatic rings. The van der Waals surface area contributed by atoms with Crippen LogP contribution in [0.15, 0.2) is 41.1 Å². The molecule has 23 heavy (non-hydrogen) atoms. The molecule has 120 valence electrons. The van der Waals surface area contributed by atoms with E-state index in [1.165, 1.54) is 25.6 Å². The molecule has 0 aliphatic carbocycles. The van der Waals surface area contributed by atoms with E-state index < -0.39 is 0 Å². The number of aromatic nitrogens is 2. The van der Waals surface area contributed by atoms with Crippen LogP contribution >= 0.6 is 15.9 Å². The van der Waals surface area contributed by atoms with Gasteiger partial charge in [0.05, 0.1) is 6.42 Å². The minimum Gasteiger partial charge on any atom is -0.356 e. The van der Waals surface area contributed by atoms with Crippen molar-refractivity contribution in [3.63, 3.8) is 0 Å². The second kappa shape index (κ2) is 7.55. The summed E-state index contributed by atoms with van der Waals surface area (Å²) in [5.74, 6) is 1.37. The monoisotopic (exact) mass is 374 g/mol. The summed E-state index contributed by atoms with van der Waals surface area (Å²) < 4.78 is 1.00. The van der Waals surface area contributed by atoms with Gasteiger partial charge in [-0.1, -0.05) is 28.1 Å². The molecule has 1 aromatic carbocycles. The van der Waals surface area contributed by atoms with E-state index in [4.69, 9.17) is 0 Å². The molecule has 0 bridgehead atoms. The number of rotatable bonds is 4. The molecule has 1 amide bonds. The number of anilines is 2. The summed E-state index contributed by atoms with van der Waals surface area (Å²) in [5.41, 5.74) is 0.969. The fraction of sp³-hybridized carbons (Fsp3) is 0.353. The highest BCUT2D eigenvalue weighted by Gasteiger charge is 2.13. The zero-order valence-corrected chi connectivity index (χ0v) is 14.4. The molecule has 0 radical (unpaired) electrons. The first-order valence-corrected chi connectivity index (χ1v) is 8.61. The van der Waals surface area contributed by atoms with Gasteiger partial charge in [-0.05, 0) is 37.0 Å². The fourth-order valence-electron chi connectivity index (χ4n) is 2.69. The third kappa shape index (κ3) is 4.51. The van der Waals surface area contributed by atoms with Gasteiger partial charge in [0.25, 0.3) is 0 Å². The second-order valence-corrected chi connectivity index (χ2v) is 6.58. The maximum Gasteiger partial charge on any atom is 0.229 e. The molecule has 1 aliphatic heterocycles. The summed E-state index contributed by atoms with van der Waals surface area (Å²) in [5, 5.41) is 2.86. The molecule has 2 heterocycles. The Labute approximate surface area is 144 Å². The molecule has 1 aliphatic rings. The summed E-state index contributed by atoms with van der Waals surface area (Å²) in [7, 11) is 0. The number of halogens is 1. The van der Waals surface area contributed by atoms with Gasteiger partial charge >= 0.3 is 0 Å². The maximum atomic E-state index is 12.2. The third-order valence-electron chi connectivity index (χ3n) is 3.88. The van der Waals surface area contributed by atoms with Crippen LogP contribution in [0.3, 0.4) is 0 Å². The predicted molar refractivity (Wildman–Crippen MR) is 94.6 cm³/mol. The van der Waals surface area contributed by atoms with E-state index in [1.54, 1.807) is 0 Å². The van der Waals surface area contributed by atoms with E-state index in [0.717, 1.165) is 28.9 Å². The minimum atomic E-state index is -0.0735. The van der Waals surface area contributed by atoms with E-state index in [9.17, 15) is 4.79 Å². The lowest BCUT2D eigenvalue weighted by Crippen LogP contribution is -2.30. The number of amides is 1. The molecule has 0 unspecified atom stereocenters. The molecule has 0 spiro atoms. The van der Waals surface area contributed by atoms with Gasteiger partial charge in [0.2, 0.25) is 5.91 Å². The van der Waals surface area contributed by atoms with Gasteiger partial charge in [-0.3, -0.25) is 4.79 Å². The van der Waals surface area contributed by atoms with Gasteiger partial charge in [-0.25, -0.2) is 9.97 Å². The van der Waals surface area contributed by atoms with E-state index in [1.807, 2.05) is 30.3 Å². The van der Waals surface area contributed by atoms with Crippen molar-refractivity contribution in [1.82, 2.24) is 9.97 Å². The Morgan fingerprint density at radius 1 is 1.13 bits per heavy atom. The molecule has 3 rings (SSSR count). The molecule has 5 nitrogen and oxygen atoms in total. The maximum absolute atomic E-state index is 12.2. The number of carbonyl (C=O) groups excluding carboxylic acids is 1. The van der Waals surface area contributed by atoms with Gasteiger partial charge in [-0.15, -0.1) is 0 Å². The van der Waals surface area contributed by atoms with Gasteiger partial charge in [-0.2, -0.15) is 0 Å². The lowest BCUT2D eigenvalue weighted by atomic mass is 10.1. The summed E-state index contributed by atoms with van der Waals surface area (Å²) in [4.78, 5) is 22.9. The SMILES string of the molecule is O=C(Cc1ccc(Br)cc1)Nc1cc(N2CCCCC2)ncn1. The van der Waals surface area contributed by atoms with Gasteiger partial charge in [0.1, 0.15) is 18.0 Å². The van der Waals surface area contributed by atoms with Crippen molar-refractivity contribution < 1.29 is 4.79 Å². The van der Waals surface area contributed by atoms with Crippen LogP contribution in [-0.2, 0) is 11.2 Å². The largest absolute Gasteiger partial charge is 0.356 e. The van der Waals surface area contributed by atoms with Gasteiger partial charge in [0.15, 0.2) is 0 Å². The molecule has 1 N–H and O–H groups in total. The van der Waals surface area contributed by atoms with Crippen LogP contribution in [-0.4, -0.2) is 29.0 Å². The highest BCUT2D eigenvalue weighted by Crippen LogP contribution is 2.19. The second-order valence-electron chi connectivity index (χ2n) is 5.66. The third-order valence-corrected chi connectivity index (χ3v) is 4.41. The molecule has 1 aromatic heterocycles. The number of nitrogens with zero attached hydrogens (tertiary/aromatic N) is 3. The van der Waals surface area contributed by atoms with Crippen LogP contribution in [0.4, 0.5) is 11.6 Å². The number of piperidine rings is 1. The number of carbonyl (C=O) groups is 1. The average Bonchev–Trinajstić information content (AvgIpc) is 2.58. The van der Waals surface area contributed by atoms with E-state index in [2.05, 4.69) is 36.1 Å². The molecule has 1 saturated heterocycles. The van der Waals surface area contributed by atoms with Gasteiger partial charge in [0, 0.05) is 23.6 Å². The number of benzene rings is 1. The lowest BCUT2D eigenvalue weighted by Gasteiger charge is -2.27. The first-order valence-electron chi connectivity index (χ1n) is 7.82. The van der Waals surface area contributed by atoms with Crippen molar-refractivity contribution in [1.29, 1.82) is 0 Å². The summed E-state index contributed by atoms with van der Waals surface area (Å²) >= 11 is 3.39. The Morgan fingerprint density at radius 3 is 2.61 bits per heavy atom. The first-order chi connectivity index (χ1) is 11.2.